The number of hydrogen-bond donors (Lipinski definition) is 2. The van der Waals surface area contributed by atoms with Crippen molar-refractivity contribution in [2.24, 2.45) is 0 Å². The molecule has 1 heterocycles. The number of aromatic amines is 1. The van der Waals surface area contributed by atoms with Crippen LogP contribution in [-0.2, 0) is 0 Å². The van der Waals surface area contributed by atoms with Gasteiger partial charge in [0, 0.05) is 16.0 Å². The lowest BCUT2D eigenvalue weighted by Gasteiger charge is -2.09. The van der Waals surface area contributed by atoms with E-state index in [0.717, 1.165) is 27.4 Å². The van der Waals surface area contributed by atoms with E-state index in [1.807, 2.05) is 61.5 Å². The van der Waals surface area contributed by atoms with Crippen molar-refractivity contribution in [2.45, 2.75) is 6.92 Å². The van der Waals surface area contributed by atoms with Crippen LogP contribution in [0.2, 0.25) is 0 Å². The molecule has 0 spiro atoms. The van der Waals surface area contributed by atoms with E-state index >= 15 is 0 Å². The molecule has 1 aromatic heterocycles. The van der Waals surface area contributed by atoms with Crippen LogP contribution in [0.5, 0.6) is 11.5 Å². The lowest BCUT2D eigenvalue weighted by molar-refractivity contribution is 0.355. The Hall–Kier alpha value is -2.92. The Morgan fingerprint density at radius 2 is 1.74 bits per heavy atom. The highest BCUT2D eigenvalue weighted by Gasteiger charge is 2.17. The zero-order chi connectivity index (χ0) is 19.2. The minimum atomic E-state index is 0.661. The average molecular weight is 378 g/mol. The summed E-state index contributed by atoms with van der Waals surface area (Å²) in [4.78, 5) is 8.98. The van der Waals surface area contributed by atoms with Gasteiger partial charge >= 0.3 is 0 Å². The molecule has 0 saturated heterocycles. The number of methoxy groups -OCH3 is 2. The van der Waals surface area contributed by atoms with Gasteiger partial charge in [-0.05, 0) is 31.2 Å². The predicted octanol–water partition coefficient (Wildman–Crippen LogP) is 5.61. The average Bonchev–Trinajstić information content (AvgIpc) is 3.17. The molecule has 0 aliphatic carbocycles. The molecule has 0 amide bonds. The van der Waals surface area contributed by atoms with E-state index in [9.17, 15) is 0 Å². The number of thiol groups is 1. The van der Waals surface area contributed by atoms with E-state index in [1.54, 1.807) is 14.2 Å². The maximum atomic E-state index is 5.45. The monoisotopic (exact) mass is 378 g/mol. The molecule has 5 heteroatoms. The van der Waals surface area contributed by atoms with Gasteiger partial charge in [0.15, 0.2) is 11.5 Å². The van der Waals surface area contributed by atoms with Crippen LogP contribution in [0.1, 0.15) is 12.7 Å². The number of ether oxygens (including phenoxy) is 2. The Labute approximate surface area is 165 Å². The van der Waals surface area contributed by atoms with Crippen molar-refractivity contribution < 1.29 is 9.47 Å². The van der Waals surface area contributed by atoms with Crippen LogP contribution in [-0.4, -0.2) is 24.2 Å². The second-order valence-corrected chi connectivity index (χ2v) is 6.30. The highest BCUT2D eigenvalue weighted by Crippen LogP contribution is 2.37. The van der Waals surface area contributed by atoms with Crippen molar-refractivity contribution in [1.29, 1.82) is 0 Å². The molecule has 0 fully saturated rings. The maximum Gasteiger partial charge on any atom is 0.161 e. The van der Waals surface area contributed by atoms with Crippen molar-refractivity contribution in [2.75, 3.05) is 14.2 Å². The first-order valence-electron chi connectivity index (χ1n) is 8.58. The first-order chi connectivity index (χ1) is 13.2. The van der Waals surface area contributed by atoms with Gasteiger partial charge in [-0.15, -0.1) is 12.6 Å². The van der Waals surface area contributed by atoms with Crippen LogP contribution in [0.4, 0.5) is 0 Å². The summed E-state index contributed by atoms with van der Waals surface area (Å²) < 4.78 is 10.8. The fraction of sp³-hybridized carbons (Fsp3) is 0.136. The van der Waals surface area contributed by atoms with Crippen LogP contribution < -0.4 is 9.47 Å². The van der Waals surface area contributed by atoms with Gasteiger partial charge in [-0.3, -0.25) is 0 Å². The molecule has 0 atom stereocenters. The Balaban J connectivity index is 2.17. The molecule has 0 saturated carbocycles. The van der Waals surface area contributed by atoms with E-state index in [-0.39, 0.29) is 0 Å². The summed E-state index contributed by atoms with van der Waals surface area (Å²) in [7, 11) is 3.25. The van der Waals surface area contributed by atoms with Crippen molar-refractivity contribution in [1.82, 2.24) is 9.97 Å². The molecule has 0 radical (unpaired) electrons. The summed E-state index contributed by atoms with van der Waals surface area (Å²) >= 11 is 4.58. The lowest BCUT2D eigenvalue weighted by atomic mass is 10.0. The molecular weight excluding hydrogens is 356 g/mol. The van der Waals surface area contributed by atoms with Gasteiger partial charge in [-0.1, -0.05) is 42.5 Å². The summed E-state index contributed by atoms with van der Waals surface area (Å²) in [5.74, 6) is 2.05. The molecule has 0 bridgehead atoms. The van der Waals surface area contributed by atoms with Gasteiger partial charge in [0.2, 0.25) is 0 Å². The number of allylic oxidation sites excluding steroid dienone is 3. The normalized spacial score (nSPS) is 11.8. The second kappa shape index (κ2) is 8.64. The molecule has 4 nitrogen and oxygen atoms in total. The van der Waals surface area contributed by atoms with Crippen LogP contribution >= 0.6 is 12.6 Å². The molecular formula is C22H22N2O2S. The second-order valence-electron chi connectivity index (χ2n) is 5.82. The summed E-state index contributed by atoms with van der Waals surface area (Å²) in [6.45, 7) is 1.96. The van der Waals surface area contributed by atoms with Crippen molar-refractivity contribution >= 4 is 17.5 Å². The van der Waals surface area contributed by atoms with Crippen LogP contribution in [0.15, 0.2) is 66.8 Å². The number of benzene rings is 2. The zero-order valence-corrected chi connectivity index (χ0v) is 16.5. The minimum Gasteiger partial charge on any atom is -0.493 e. The van der Waals surface area contributed by atoms with E-state index in [2.05, 4.69) is 29.7 Å². The summed E-state index contributed by atoms with van der Waals surface area (Å²) in [6, 6.07) is 15.9. The maximum absolute atomic E-state index is 5.45. The first-order valence-corrected chi connectivity index (χ1v) is 9.02. The third kappa shape index (κ3) is 4.09. The molecule has 2 aromatic carbocycles. The van der Waals surface area contributed by atoms with Crippen molar-refractivity contribution in [3.63, 3.8) is 0 Å². The molecule has 0 unspecified atom stereocenters. The number of hydrogen-bond acceptors (Lipinski definition) is 4. The quantitative estimate of drug-likeness (QED) is 0.433. The molecule has 0 aliphatic heterocycles. The van der Waals surface area contributed by atoms with Crippen LogP contribution in [0.25, 0.3) is 27.4 Å². The molecule has 0 aliphatic rings. The number of rotatable bonds is 6. The number of H-pyrrole nitrogens is 1. The molecule has 27 heavy (non-hydrogen) atoms. The smallest absolute Gasteiger partial charge is 0.161 e. The van der Waals surface area contributed by atoms with Crippen LogP contribution in [0.3, 0.4) is 0 Å². The summed E-state index contributed by atoms with van der Waals surface area (Å²) in [5.41, 5.74) is 3.74. The molecule has 138 valence electrons. The van der Waals surface area contributed by atoms with Gasteiger partial charge in [-0.2, -0.15) is 0 Å². The van der Waals surface area contributed by atoms with Gasteiger partial charge in [-0.25, -0.2) is 4.98 Å². The number of aromatic nitrogens is 2. The zero-order valence-electron chi connectivity index (χ0n) is 15.6. The van der Waals surface area contributed by atoms with E-state index in [4.69, 9.17) is 14.5 Å². The topological polar surface area (TPSA) is 47.1 Å². The summed E-state index contributed by atoms with van der Waals surface area (Å²) in [5, 5.41) is 0. The number of nitrogens with one attached hydrogen (secondary N) is 1. The van der Waals surface area contributed by atoms with Gasteiger partial charge in [0.05, 0.1) is 25.6 Å². The molecule has 1 N–H and O–H groups in total. The van der Waals surface area contributed by atoms with E-state index in [1.165, 1.54) is 0 Å². The lowest BCUT2D eigenvalue weighted by Crippen LogP contribution is -1.91. The van der Waals surface area contributed by atoms with Crippen molar-refractivity contribution in [3.05, 3.63) is 72.6 Å². The Morgan fingerprint density at radius 3 is 2.41 bits per heavy atom. The van der Waals surface area contributed by atoms with Crippen LogP contribution in [0, 0.1) is 0 Å². The highest BCUT2D eigenvalue weighted by molar-refractivity contribution is 7.90. The Morgan fingerprint density at radius 1 is 1.00 bits per heavy atom. The fourth-order valence-electron chi connectivity index (χ4n) is 2.77. The minimum absolute atomic E-state index is 0.661. The highest BCUT2D eigenvalue weighted by atomic mass is 32.1. The molecule has 3 rings (SSSR count). The third-order valence-electron chi connectivity index (χ3n) is 4.11. The SMILES string of the molecule is C/C=C\C=C(/S)c1nc(-c2ccc(OC)c(OC)c2)c(-c2ccccc2)[nH]1. The van der Waals surface area contributed by atoms with Crippen molar-refractivity contribution in [3.8, 4) is 34.0 Å². The largest absolute Gasteiger partial charge is 0.493 e. The predicted molar refractivity (Wildman–Crippen MR) is 114 cm³/mol. The van der Waals surface area contributed by atoms with Gasteiger partial charge in [0.1, 0.15) is 5.82 Å². The molecule has 3 aromatic rings. The Bertz CT molecular complexity index is 975. The number of nitrogens with zero attached hydrogens (tertiary/aromatic N) is 1. The van der Waals surface area contributed by atoms with Gasteiger partial charge < -0.3 is 14.5 Å². The van der Waals surface area contributed by atoms with E-state index in [0.29, 0.717) is 17.3 Å². The third-order valence-corrected chi connectivity index (χ3v) is 4.47. The van der Waals surface area contributed by atoms with Gasteiger partial charge in [0.25, 0.3) is 0 Å². The number of imidazole rings is 1. The van der Waals surface area contributed by atoms with E-state index < -0.39 is 0 Å². The fourth-order valence-corrected chi connectivity index (χ4v) is 2.96. The summed E-state index contributed by atoms with van der Waals surface area (Å²) in [6.07, 6.45) is 5.80. The Kier molecular flexibility index (Phi) is 6.04. The first kappa shape index (κ1) is 18.9. The standard InChI is InChI=1S/C22H22N2O2S/c1-4-5-11-19(27)22-23-20(15-9-7-6-8-10-15)21(24-22)16-12-13-17(25-2)18(14-16)26-3/h4-14,27H,1-3H3,(H,23,24)/b5-4-,19-11-.